The minimum atomic E-state index is 1.29. The van der Waals surface area contributed by atoms with Crippen LogP contribution in [0.25, 0.3) is 152 Å². The lowest BCUT2D eigenvalue weighted by molar-refractivity contribution is 1.36. The number of benzene rings is 10. The number of rotatable bonds is 0. The fraction of sp³-hybridized carbons (Fsp3) is 0. The van der Waals surface area contributed by atoms with E-state index in [1.165, 1.54) is 152 Å². The first-order valence-corrected chi connectivity index (χ1v) is 22.3. The number of aromatic nitrogens is 4. The van der Waals surface area contributed by atoms with Crippen molar-refractivity contribution in [3.05, 3.63) is 194 Å². The van der Waals surface area contributed by atoms with Crippen molar-refractivity contribution in [2.75, 3.05) is 0 Å². The van der Waals surface area contributed by atoms with Gasteiger partial charge in [0.05, 0.1) is 66.2 Å². The summed E-state index contributed by atoms with van der Waals surface area (Å²) in [6.45, 7) is 0. The summed E-state index contributed by atoms with van der Waals surface area (Å²) < 4.78 is 9.92. The Labute approximate surface area is 362 Å². The van der Waals surface area contributed by atoms with Crippen molar-refractivity contribution in [2.45, 2.75) is 0 Å². The lowest BCUT2D eigenvalue weighted by Gasteiger charge is -2.02. The Kier molecular flexibility index (Phi) is 5.47. The van der Waals surface area contributed by atoms with Crippen molar-refractivity contribution in [3.63, 3.8) is 0 Å². The van der Waals surface area contributed by atoms with E-state index in [2.05, 4.69) is 212 Å². The van der Waals surface area contributed by atoms with Gasteiger partial charge in [-0.15, -0.1) is 0 Å². The van der Waals surface area contributed by atoms with E-state index in [0.717, 1.165) is 0 Å². The first kappa shape index (κ1) is 32.2. The fourth-order valence-corrected chi connectivity index (χ4v) is 12.8. The highest BCUT2D eigenvalue weighted by Gasteiger charge is 2.26. The Bertz CT molecular complexity index is 4860. The van der Waals surface area contributed by atoms with E-state index < -0.39 is 0 Å². The molecule has 0 saturated heterocycles. The third kappa shape index (κ3) is 3.51. The quantitative estimate of drug-likeness (QED) is 0.145. The molecule has 18 aromatic rings. The lowest BCUT2D eigenvalue weighted by Crippen LogP contribution is -1.82. The summed E-state index contributed by atoms with van der Waals surface area (Å²) in [6, 6.07) is 71.6. The largest absolute Gasteiger partial charge is 0.308 e. The van der Waals surface area contributed by atoms with Gasteiger partial charge >= 0.3 is 0 Å². The molecule has 0 unspecified atom stereocenters. The van der Waals surface area contributed by atoms with Gasteiger partial charge in [-0.3, -0.25) is 0 Å². The Morgan fingerprint density at radius 2 is 0.469 bits per heavy atom. The van der Waals surface area contributed by atoms with Crippen molar-refractivity contribution in [1.29, 1.82) is 0 Å². The summed E-state index contributed by atoms with van der Waals surface area (Å²) in [7, 11) is 0. The Balaban J connectivity index is 0.000000111. The molecule has 10 aromatic carbocycles. The van der Waals surface area contributed by atoms with Crippen LogP contribution in [-0.4, -0.2) is 17.6 Å². The average Bonchev–Trinajstić information content (AvgIpc) is 4.24. The van der Waals surface area contributed by atoms with Crippen molar-refractivity contribution >= 4 is 152 Å². The second kappa shape index (κ2) is 10.9. The number of hydrogen-bond donors (Lipinski definition) is 0. The number of para-hydroxylation sites is 8. The summed E-state index contributed by atoms with van der Waals surface area (Å²) in [6.07, 6.45) is 0. The van der Waals surface area contributed by atoms with Crippen LogP contribution >= 0.6 is 0 Å². The van der Waals surface area contributed by atoms with Gasteiger partial charge in [-0.2, -0.15) is 0 Å². The van der Waals surface area contributed by atoms with Gasteiger partial charge in [-0.05, 0) is 48.5 Å². The molecule has 8 aromatic heterocycles. The summed E-state index contributed by atoms with van der Waals surface area (Å²) in [5, 5.41) is 21.4. The zero-order valence-electron chi connectivity index (χ0n) is 34.3. The second-order valence-electron chi connectivity index (χ2n) is 18.0. The summed E-state index contributed by atoms with van der Waals surface area (Å²) in [4.78, 5) is 0. The molecule has 0 bridgehead atoms. The molecule has 0 amide bonds. The molecule has 4 heteroatoms. The van der Waals surface area contributed by atoms with E-state index in [1.807, 2.05) is 0 Å². The number of fused-ring (bicyclic) bond motifs is 25. The van der Waals surface area contributed by atoms with Gasteiger partial charge < -0.3 is 17.6 Å². The maximum absolute atomic E-state index is 2.50. The van der Waals surface area contributed by atoms with E-state index in [4.69, 9.17) is 0 Å². The summed E-state index contributed by atoms with van der Waals surface area (Å²) in [5.74, 6) is 0. The van der Waals surface area contributed by atoms with Crippen molar-refractivity contribution < 1.29 is 0 Å². The third-order valence-electron chi connectivity index (χ3n) is 15.1. The van der Waals surface area contributed by atoms with E-state index in [9.17, 15) is 0 Å². The van der Waals surface area contributed by atoms with Crippen LogP contribution in [0.15, 0.2) is 194 Å². The van der Waals surface area contributed by atoms with E-state index in [0.29, 0.717) is 0 Å². The van der Waals surface area contributed by atoms with Crippen LogP contribution in [0, 0.1) is 0 Å². The van der Waals surface area contributed by atoms with Crippen LogP contribution in [0.5, 0.6) is 0 Å². The Hall–Kier alpha value is -8.60. The zero-order valence-corrected chi connectivity index (χ0v) is 34.3. The normalized spacial score (nSPS) is 13.0. The fourth-order valence-electron chi connectivity index (χ4n) is 12.8. The molecule has 0 spiro atoms. The predicted molar refractivity (Wildman–Crippen MR) is 272 cm³/mol. The molecule has 0 aliphatic rings. The summed E-state index contributed by atoms with van der Waals surface area (Å²) >= 11 is 0. The second-order valence-corrected chi connectivity index (χ2v) is 18.0. The standard InChI is InChI=1S/2C30H16N2/c1-4-13-23-17(8-1)19-11-7-12-21-27-26(32(23)29(19)21)16-22-18-9-2-5-14-24(18)31-25-15-6-3-10-20(25)28(27)30(22)31;1-3-13-25-17(7-1)19-9-5-11-21-23-16-28-24(15-27(23)31(25)29(19)21)22-12-6-10-20-18-8-2-4-14-26(18)32(28)30(20)22/h2*1-16H. The van der Waals surface area contributed by atoms with Gasteiger partial charge in [-0.1, -0.05) is 146 Å². The lowest BCUT2D eigenvalue weighted by atomic mass is 10.0. The highest BCUT2D eigenvalue weighted by Crippen LogP contribution is 2.49. The van der Waals surface area contributed by atoms with Crippen LogP contribution in [0.3, 0.4) is 0 Å². The summed E-state index contributed by atoms with van der Waals surface area (Å²) in [5.41, 5.74) is 15.7. The van der Waals surface area contributed by atoms with Gasteiger partial charge in [0, 0.05) is 86.2 Å². The molecular weight excluding hydrogens is 777 g/mol. The molecule has 0 fully saturated rings. The SMILES string of the molecule is c1ccc2c(c1)c1cccc3c4c5c6ccccc6n6c7ccccc7c(cc4n2c13)c56.c1ccc2c(c1)c1cccc3c4cc5c(cc4n2c13)c1cccc2c3ccccc3n5c21. The Morgan fingerprint density at radius 1 is 0.172 bits per heavy atom. The number of hydrogen-bond acceptors (Lipinski definition) is 0. The van der Waals surface area contributed by atoms with E-state index >= 15 is 0 Å². The van der Waals surface area contributed by atoms with Crippen LogP contribution < -0.4 is 0 Å². The van der Waals surface area contributed by atoms with E-state index in [-0.39, 0.29) is 0 Å². The molecule has 0 aliphatic heterocycles. The van der Waals surface area contributed by atoms with Crippen molar-refractivity contribution in [2.24, 2.45) is 0 Å². The molecule has 64 heavy (non-hydrogen) atoms. The minimum absolute atomic E-state index is 1.29. The molecule has 0 aliphatic carbocycles. The average molecular weight is 809 g/mol. The Morgan fingerprint density at radius 3 is 0.938 bits per heavy atom. The van der Waals surface area contributed by atoms with Gasteiger partial charge in [0.1, 0.15) is 0 Å². The third-order valence-corrected chi connectivity index (χ3v) is 15.1. The maximum Gasteiger partial charge on any atom is 0.0628 e. The van der Waals surface area contributed by atoms with Crippen LogP contribution in [0.2, 0.25) is 0 Å². The number of nitrogens with zero attached hydrogens (tertiary/aromatic N) is 4. The van der Waals surface area contributed by atoms with Gasteiger partial charge in [-0.25, -0.2) is 0 Å². The van der Waals surface area contributed by atoms with Crippen LogP contribution in [0.4, 0.5) is 0 Å². The molecular formula is C60H32N4. The topological polar surface area (TPSA) is 17.6 Å². The molecule has 8 heterocycles. The molecule has 4 nitrogen and oxygen atoms in total. The van der Waals surface area contributed by atoms with Gasteiger partial charge in [0.15, 0.2) is 0 Å². The van der Waals surface area contributed by atoms with Crippen LogP contribution in [0.1, 0.15) is 0 Å². The molecule has 18 rings (SSSR count). The molecule has 0 N–H and O–H groups in total. The van der Waals surface area contributed by atoms with Gasteiger partial charge in [0.2, 0.25) is 0 Å². The van der Waals surface area contributed by atoms with Crippen LogP contribution in [-0.2, 0) is 0 Å². The smallest absolute Gasteiger partial charge is 0.0628 e. The molecule has 0 saturated carbocycles. The van der Waals surface area contributed by atoms with Crippen molar-refractivity contribution in [3.8, 4) is 0 Å². The zero-order chi connectivity index (χ0) is 41.1. The molecule has 0 radical (unpaired) electrons. The monoisotopic (exact) mass is 808 g/mol. The first-order chi connectivity index (χ1) is 31.8. The molecule has 292 valence electrons. The minimum Gasteiger partial charge on any atom is -0.308 e. The van der Waals surface area contributed by atoms with Crippen molar-refractivity contribution in [1.82, 2.24) is 17.6 Å². The predicted octanol–water partition coefficient (Wildman–Crippen LogP) is 16.0. The van der Waals surface area contributed by atoms with Gasteiger partial charge in [0.25, 0.3) is 0 Å². The molecule has 0 atom stereocenters. The maximum atomic E-state index is 2.50. The highest BCUT2D eigenvalue weighted by molar-refractivity contribution is 6.38. The van der Waals surface area contributed by atoms with E-state index in [1.54, 1.807) is 0 Å². The highest BCUT2D eigenvalue weighted by atomic mass is 14.9. The first-order valence-electron chi connectivity index (χ1n) is 22.3.